The van der Waals surface area contributed by atoms with Gasteiger partial charge in [0.05, 0.1) is 5.69 Å². The van der Waals surface area contributed by atoms with Gasteiger partial charge >= 0.3 is 0 Å². The topological polar surface area (TPSA) is 46.5 Å². The summed E-state index contributed by atoms with van der Waals surface area (Å²) >= 11 is 0. The van der Waals surface area contributed by atoms with Crippen LogP contribution in [0, 0.1) is 20.8 Å². The van der Waals surface area contributed by atoms with E-state index >= 15 is 0 Å². The monoisotopic (exact) mass is 252 g/mol. The van der Waals surface area contributed by atoms with E-state index in [9.17, 15) is 0 Å². The van der Waals surface area contributed by atoms with Crippen molar-refractivity contribution < 1.29 is 0 Å². The molecular weight excluding hydrogens is 236 g/mol. The smallest absolute Gasteiger partial charge is 0.180 e. The molecule has 4 nitrogen and oxygen atoms in total. The van der Waals surface area contributed by atoms with Gasteiger partial charge in [0.1, 0.15) is 0 Å². The van der Waals surface area contributed by atoms with E-state index in [-0.39, 0.29) is 0 Å². The molecule has 0 unspecified atom stereocenters. The van der Waals surface area contributed by atoms with Gasteiger partial charge in [-0.2, -0.15) is 0 Å². The lowest BCUT2D eigenvalue weighted by atomic mass is 10.0. The van der Waals surface area contributed by atoms with Gasteiger partial charge in [0.15, 0.2) is 11.6 Å². The summed E-state index contributed by atoms with van der Waals surface area (Å²) in [5.41, 5.74) is 4.93. The minimum Gasteiger partial charge on any atom is -0.342 e. The summed E-state index contributed by atoms with van der Waals surface area (Å²) in [5.74, 6) is 1.62. The quantitative estimate of drug-likeness (QED) is 0.761. The molecule has 0 fully saturated rings. The highest BCUT2D eigenvalue weighted by Gasteiger charge is 2.13. The molecule has 2 aromatic heterocycles. The maximum Gasteiger partial charge on any atom is 0.180 e. The molecule has 0 aliphatic rings. The van der Waals surface area contributed by atoms with Crippen LogP contribution in [0.1, 0.15) is 16.7 Å². The fourth-order valence-electron chi connectivity index (χ4n) is 2.60. The van der Waals surface area contributed by atoms with Gasteiger partial charge in [-0.3, -0.25) is 4.57 Å². The van der Waals surface area contributed by atoms with E-state index in [2.05, 4.69) is 52.4 Å². The summed E-state index contributed by atoms with van der Waals surface area (Å²) in [6, 6.07) is 4.38. The van der Waals surface area contributed by atoms with E-state index < -0.39 is 0 Å². The summed E-state index contributed by atoms with van der Waals surface area (Å²) in [7, 11) is 0. The number of H-pyrrole nitrogens is 1. The Morgan fingerprint density at radius 2 is 1.74 bits per heavy atom. The predicted molar refractivity (Wildman–Crippen MR) is 75.4 cm³/mol. The van der Waals surface area contributed by atoms with Crippen molar-refractivity contribution in [1.29, 1.82) is 0 Å². The molecule has 0 aliphatic heterocycles. The Hall–Kier alpha value is -2.36. The van der Waals surface area contributed by atoms with Crippen LogP contribution >= 0.6 is 0 Å². The van der Waals surface area contributed by atoms with E-state index in [4.69, 9.17) is 0 Å². The molecule has 0 saturated heterocycles. The number of aryl methyl sites for hydroxylation is 3. The van der Waals surface area contributed by atoms with Crippen molar-refractivity contribution in [3.8, 4) is 17.3 Å². The van der Waals surface area contributed by atoms with Gasteiger partial charge in [-0.15, -0.1) is 0 Å². The maximum atomic E-state index is 4.41. The molecule has 0 bridgehead atoms. The molecule has 0 amide bonds. The van der Waals surface area contributed by atoms with E-state index in [0.717, 1.165) is 11.6 Å². The minimum atomic E-state index is 0.782. The molecule has 3 rings (SSSR count). The summed E-state index contributed by atoms with van der Waals surface area (Å²) < 4.78 is 2.09. The van der Waals surface area contributed by atoms with Gasteiger partial charge < -0.3 is 4.98 Å². The third-order valence-electron chi connectivity index (χ3n) is 3.23. The van der Waals surface area contributed by atoms with Crippen molar-refractivity contribution in [1.82, 2.24) is 19.5 Å². The zero-order valence-electron chi connectivity index (χ0n) is 11.3. The number of rotatable bonds is 2. The first-order valence-electron chi connectivity index (χ1n) is 6.28. The summed E-state index contributed by atoms with van der Waals surface area (Å²) in [6.07, 6.45) is 7.32. The zero-order chi connectivity index (χ0) is 13.4. The Morgan fingerprint density at radius 1 is 1.00 bits per heavy atom. The number of hydrogen-bond donors (Lipinski definition) is 1. The highest BCUT2D eigenvalue weighted by Crippen LogP contribution is 2.25. The molecule has 1 N–H and O–H groups in total. The van der Waals surface area contributed by atoms with Crippen LogP contribution in [0.5, 0.6) is 0 Å². The second-order valence-corrected chi connectivity index (χ2v) is 4.81. The van der Waals surface area contributed by atoms with Crippen molar-refractivity contribution >= 4 is 0 Å². The number of aromatic amines is 1. The van der Waals surface area contributed by atoms with Crippen molar-refractivity contribution in [2.45, 2.75) is 20.8 Å². The molecule has 2 heterocycles. The maximum absolute atomic E-state index is 4.41. The van der Waals surface area contributed by atoms with E-state index in [0.29, 0.717) is 0 Å². The second kappa shape index (κ2) is 4.39. The molecule has 0 saturated carbocycles. The van der Waals surface area contributed by atoms with Crippen molar-refractivity contribution in [3.05, 3.63) is 53.6 Å². The lowest BCUT2D eigenvalue weighted by molar-refractivity contribution is 1.01. The highest BCUT2D eigenvalue weighted by atomic mass is 15.1. The van der Waals surface area contributed by atoms with Gasteiger partial charge in [0, 0.05) is 24.8 Å². The van der Waals surface area contributed by atoms with Crippen molar-refractivity contribution in [3.63, 3.8) is 0 Å². The first kappa shape index (κ1) is 11.7. The van der Waals surface area contributed by atoms with Crippen LogP contribution in [0.15, 0.2) is 36.9 Å². The molecule has 0 radical (unpaired) electrons. The average molecular weight is 252 g/mol. The Morgan fingerprint density at radius 3 is 2.37 bits per heavy atom. The molecule has 19 heavy (non-hydrogen) atoms. The first-order chi connectivity index (χ1) is 9.16. The first-order valence-corrected chi connectivity index (χ1v) is 6.28. The number of benzene rings is 1. The third kappa shape index (κ3) is 1.95. The van der Waals surface area contributed by atoms with Crippen LogP contribution in [0.2, 0.25) is 0 Å². The normalized spacial score (nSPS) is 10.9. The van der Waals surface area contributed by atoms with Gasteiger partial charge in [-0.05, 0) is 31.9 Å². The number of hydrogen-bond acceptors (Lipinski definition) is 2. The minimum absolute atomic E-state index is 0.782. The second-order valence-electron chi connectivity index (χ2n) is 4.81. The Balaban J connectivity index is 2.22. The van der Waals surface area contributed by atoms with Crippen LogP contribution in [0.25, 0.3) is 17.3 Å². The molecule has 1 aromatic carbocycles. The van der Waals surface area contributed by atoms with Crippen LogP contribution < -0.4 is 0 Å². The number of nitrogens with zero attached hydrogens (tertiary/aromatic N) is 3. The standard InChI is InChI=1S/C15H16N4/c1-10-8-11(2)13(12(3)9-10)19-7-6-18-15(19)14-16-4-5-17-14/h4-9H,1-3H3,(H,16,17). The number of aromatic nitrogens is 4. The van der Waals surface area contributed by atoms with E-state index in [1.54, 1.807) is 12.4 Å². The summed E-state index contributed by atoms with van der Waals surface area (Å²) in [4.78, 5) is 11.8. The molecule has 3 aromatic rings. The lowest BCUT2D eigenvalue weighted by Crippen LogP contribution is -2.02. The zero-order valence-corrected chi connectivity index (χ0v) is 11.3. The third-order valence-corrected chi connectivity index (χ3v) is 3.23. The number of nitrogens with one attached hydrogen (secondary N) is 1. The Labute approximate surface area is 112 Å². The van der Waals surface area contributed by atoms with Gasteiger partial charge in [0.2, 0.25) is 0 Å². The summed E-state index contributed by atoms with van der Waals surface area (Å²) in [6.45, 7) is 6.37. The van der Waals surface area contributed by atoms with Crippen LogP contribution in [-0.2, 0) is 0 Å². The average Bonchev–Trinajstić information content (AvgIpc) is 2.96. The SMILES string of the molecule is Cc1cc(C)c(-n2ccnc2-c2ncc[nH]2)c(C)c1. The highest BCUT2D eigenvalue weighted by molar-refractivity contribution is 5.56. The van der Waals surface area contributed by atoms with Gasteiger partial charge in [-0.25, -0.2) is 9.97 Å². The van der Waals surface area contributed by atoms with Crippen LogP contribution in [-0.4, -0.2) is 19.5 Å². The van der Waals surface area contributed by atoms with Crippen LogP contribution in [0.4, 0.5) is 0 Å². The molecule has 96 valence electrons. The fraction of sp³-hybridized carbons (Fsp3) is 0.200. The molecule has 4 heteroatoms. The summed E-state index contributed by atoms with van der Waals surface area (Å²) in [5, 5.41) is 0. The van der Waals surface area contributed by atoms with Gasteiger partial charge in [0.25, 0.3) is 0 Å². The molecule has 0 aliphatic carbocycles. The predicted octanol–water partition coefficient (Wildman–Crippen LogP) is 3.19. The largest absolute Gasteiger partial charge is 0.342 e. The van der Waals surface area contributed by atoms with E-state index in [1.165, 1.54) is 22.4 Å². The lowest BCUT2D eigenvalue weighted by Gasteiger charge is -2.14. The Bertz CT molecular complexity index is 685. The van der Waals surface area contributed by atoms with Crippen LogP contribution in [0.3, 0.4) is 0 Å². The van der Waals surface area contributed by atoms with Crippen molar-refractivity contribution in [2.75, 3.05) is 0 Å². The van der Waals surface area contributed by atoms with E-state index in [1.807, 2.05) is 12.4 Å². The molecule has 0 spiro atoms. The van der Waals surface area contributed by atoms with Gasteiger partial charge in [-0.1, -0.05) is 17.7 Å². The number of imidazole rings is 2. The Kier molecular flexibility index (Phi) is 2.71. The fourth-order valence-corrected chi connectivity index (χ4v) is 2.60. The molecule has 0 atom stereocenters. The molecular formula is C15H16N4. The van der Waals surface area contributed by atoms with Crippen molar-refractivity contribution in [2.24, 2.45) is 0 Å².